The summed E-state index contributed by atoms with van der Waals surface area (Å²) in [5.41, 5.74) is 2.03. The molecule has 2 heterocycles. The highest BCUT2D eigenvalue weighted by atomic mass is 16.2. The Hall–Kier alpha value is -2.08. The Morgan fingerprint density at radius 2 is 1.74 bits per heavy atom. The Bertz CT molecular complexity index is 651. The van der Waals surface area contributed by atoms with Crippen LogP contribution in [0.1, 0.15) is 32.6 Å². The van der Waals surface area contributed by atoms with Crippen molar-refractivity contribution in [3.63, 3.8) is 0 Å². The summed E-state index contributed by atoms with van der Waals surface area (Å²) >= 11 is 0. The lowest BCUT2D eigenvalue weighted by Gasteiger charge is -2.32. The number of likely N-dealkylation sites (N-methyl/N-ethyl adjacent to an activating group) is 1. The maximum Gasteiger partial charge on any atom is 0.239 e. The molecule has 1 atom stereocenters. The molecule has 6 heteroatoms. The van der Waals surface area contributed by atoms with Crippen LogP contribution < -0.4 is 10.2 Å². The minimum absolute atomic E-state index is 0.0620. The minimum atomic E-state index is -0.172. The number of carbonyl (C=O) groups excluding carboxylic acids is 2. The molecule has 2 fully saturated rings. The molecule has 148 valence electrons. The zero-order chi connectivity index (χ0) is 19.4. The van der Waals surface area contributed by atoms with Crippen LogP contribution in [0.3, 0.4) is 0 Å². The molecule has 27 heavy (non-hydrogen) atoms. The molecule has 0 bridgehead atoms. The second-order valence-electron chi connectivity index (χ2n) is 8.13. The monoisotopic (exact) mass is 372 g/mol. The van der Waals surface area contributed by atoms with E-state index < -0.39 is 0 Å². The smallest absolute Gasteiger partial charge is 0.239 e. The standard InChI is InChI=1S/C21H32N4O2/c1-16-10-13-24(14-11-16)18-8-6-17(7-9-18)22-20(26)15-25-12-4-5-19(25)21(27)23(2)3/h6-9,16,19H,4-5,10-15H2,1-3H3,(H,22,26)/t19-/m1/s1. The van der Waals surface area contributed by atoms with E-state index in [0.717, 1.165) is 44.1 Å². The first kappa shape index (κ1) is 19.7. The van der Waals surface area contributed by atoms with Gasteiger partial charge in [0, 0.05) is 38.6 Å². The third-order valence-corrected chi connectivity index (χ3v) is 5.74. The van der Waals surface area contributed by atoms with Crippen molar-refractivity contribution in [2.75, 3.05) is 50.5 Å². The Morgan fingerprint density at radius 3 is 2.37 bits per heavy atom. The van der Waals surface area contributed by atoms with E-state index in [1.807, 2.05) is 17.0 Å². The number of nitrogens with one attached hydrogen (secondary N) is 1. The lowest BCUT2D eigenvalue weighted by molar-refractivity contribution is -0.133. The number of nitrogens with zero attached hydrogens (tertiary/aromatic N) is 3. The Balaban J connectivity index is 1.53. The summed E-state index contributed by atoms with van der Waals surface area (Å²) in [5, 5.41) is 2.97. The van der Waals surface area contributed by atoms with Crippen molar-refractivity contribution in [3.05, 3.63) is 24.3 Å². The van der Waals surface area contributed by atoms with Crippen molar-refractivity contribution in [1.29, 1.82) is 0 Å². The van der Waals surface area contributed by atoms with Gasteiger partial charge in [-0.25, -0.2) is 0 Å². The molecule has 1 aromatic carbocycles. The summed E-state index contributed by atoms with van der Waals surface area (Å²) in [6.07, 6.45) is 4.26. The second-order valence-corrected chi connectivity index (χ2v) is 8.13. The quantitative estimate of drug-likeness (QED) is 0.862. The minimum Gasteiger partial charge on any atom is -0.372 e. The fraction of sp³-hybridized carbons (Fsp3) is 0.619. The highest BCUT2D eigenvalue weighted by Crippen LogP contribution is 2.24. The summed E-state index contributed by atoms with van der Waals surface area (Å²) in [6.45, 7) is 5.57. The predicted molar refractivity (Wildman–Crippen MR) is 109 cm³/mol. The summed E-state index contributed by atoms with van der Waals surface area (Å²) in [5.74, 6) is 0.835. The van der Waals surface area contributed by atoms with Gasteiger partial charge in [0.25, 0.3) is 0 Å². The number of carbonyl (C=O) groups is 2. The molecule has 0 aliphatic carbocycles. The average molecular weight is 373 g/mol. The van der Waals surface area contributed by atoms with E-state index in [1.165, 1.54) is 18.5 Å². The second kappa shape index (κ2) is 8.74. The third kappa shape index (κ3) is 5.01. The number of amides is 2. The topological polar surface area (TPSA) is 55.9 Å². The van der Waals surface area contributed by atoms with E-state index in [4.69, 9.17) is 0 Å². The third-order valence-electron chi connectivity index (χ3n) is 5.74. The fourth-order valence-electron chi connectivity index (χ4n) is 4.00. The number of anilines is 2. The van der Waals surface area contributed by atoms with Gasteiger partial charge in [0.05, 0.1) is 12.6 Å². The molecule has 0 unspecified atom stereocenters. The van der Waals surface area contributed by atoms with Crippen LogP contribution in [0.4, 0.5) is 11.4 Å². The molecule has 0 aromatic heterocycles. The number of benzene rings is 1. The molecule has 1 aromatic rings. The van der Waals surface area contributed by atoms with Gasteiger partial charge in [-0.05, 0) is 62.4 Å². The number of likely N-dealkylation sites (tertiary alicyclic amines) is 1. The lowest BCUT2D eigenvalue weighted by Crippen LogP contribution is -2.45. The van der Waals surface area contributed by atoms with Crippen LogP contribution in [0.15, 0.2) is 24.3 Å². The summed E-state index contributed by atoms with van der Waals surface area (Å²) in [7, 11) is 3.53. The van der Waals surface area contributed by atoms with E-state index in [1.54, 1.807) is 19.0 Å². The molecule has 6 nitrogen and oxygen atoms in total. The Labute approximate surface area is 162 Å². The summed E-state index contributed by atoms with van der Waals surface area (Å²) in [6, 6.07) is 7.93. The zero-order valence-electron chi connectivity index (χ0n) is 16.8. The molecule has 2 amide bonds. The maximum atomic E-state index is 12.4. The molecule has 0 saturated carbocycles. The highest BCUT2D eigenvalue weighted by Gasteiger charge is 2.32. The van der Waals surface area contributed by atoms with Crippen LogP contribution >= 0.6 is 0 Å². The van der Waals surface area contributed by atoms with Gasteiger partial charge in [0.15, 0.2) is 0 Å². The molecular weight excluding hydrogens is 340 g/mol. The van der Waals surface area contributed by atoms with E-state index >= 15 is 0 Å². The Morgan fingerprint density at radius 1 is 1.07 bits per heavy atom. The van der Waals surface area contributed by atoms with Crippen LogP contribution in [-0.2, 0) is 9.59 Å². The van der Waals surface area contributed by atoms with Crippen molar-refractivity contribution in [1.82, 2.24) is 9.80 Å². The molecular formula is C21H32N4O2. The van der Waals surface area contributed by atoms with Crippen LogP contribution in [-0.4, -0.2) is 67.9 Å². The normalized spacial score (nSPS) is 21.3. The van der Waals surface area contributed by atoms with Crippen LogP contribution in [0.5, 0.6) is 0 Å². The molecule has 1 N–H and O–H groups in total. The van der Waals surface area contributed by atoms with Crippen molar-refractivity contribution in [2.24, 2.45) is 5.92 Å². The van der Waals surface area contributed by atoms with Crippen LogP contribution in [0.25, 0.3) is 0 Å². The van der Waals surface area contributed by atoms with Crippen LogP contribution in [0, 0.1) is 5.92 Å². The van der Waals surface area contributed by atoms with Gasteiger partial charge in [-0.15, -0.1) is 0 Å². The maximum absolute atomic E-state index is 12.4. The number of hydrogen-bond donors (Lipinski definition) is 1. The highest BCUT2D eigenvalue weighted by molar-refractivity contribution is 5.93. The van der Waals surface area contributed by atoms with Crippen molar-refractivity contribution < 1.29 is 9.59 Å². The fourth-order valence-corrected chi connectivity index (χ4v) is 4.00. The van der Waals surface area contributed by atoms with Crippen molar-refractivity contribution in [3.8, 4) is 0 Å². The Kier molecular flexibility index (Phi) is 6.37. The van der Waals surface area contributed by atoms with E-state index in [2.05, 4.69) is 29.3 Å². The first-order valence-electron chi connectivity index (χ1n) is 10.0. The lowest BCUT2D eigenvalue weighted by atomic mass is 9.99. The van der Waals surface area contributed by atoms with Crippen molar-refractivity contribution >= 4 is 23.2 Å². The van der Waals surface area contributed by atoms with E-state index in [-0.39, 0.29) is 24.4 Å². The first-order valence-corrected chi connectivity index (χ1v) is 10.0. The van der Waals surface area contributed by atoms with Gasteiger partial charge < -0.3 is 15.1 Å². The number of rotatable bonds is 5. The van der Waals surface area contributed by atoms with Gasteiger partial charge in [-0.1, -0.05) is 6.92 Å². The van der Waals surface area contributed by atoms with Crippen LogP contribution in [0.2, 0.25) is 0 Å². The predicted octanol–water partition coefficient (Wildman–Crippen LogP) is 2.41. The number of piperidine rings is 1. The van der Waals surface area contributed by atoms with Gasteiger partial charge >= 0.3 is 0 Å². The zero-order valence-corrected chi connectivity index (χ0v) is 16.8. The molecule has 0 radical (unpaired) electrons. The first-order chi connectivity index (χ1) is 12.9. The molecule has 2 saturated heterocycles. The molecule has 3 rings (SSSR count). The van der Waals surface area contributed by atoms with Gasteiger partial charge in [0.1, 0.15) is 0 Å². The van der Waals surface area contributed by atoms with Gasteiger partial charge in [-0.2, -0.15) is 0 Å². The average Bonchev–Trinajstić information content (AvgIpc) is 3.10. The van der Waals surface area contributed by atoms with Crippen molar-refractivity contribution in [2.45, 2.75) is 38.6 Å². The molecule has 0 spiro atoms. The number of hydrogen-bond acceptors (Lipinski definition) is 4. The summed E-state index contributed by atoms with van der Waals surface area (Å²) in [4.78, 5) is 30.7. The largest absolute Gasteiger partial charge is 0.372 e. The molecule has 2 aliphatic heterocycles. The van der Waals surface area contributed by atoms with E-state index in [9.17, 15) is 9.59 Å². The van der Waals surface area contributed by atoms with Gasteiger partial charge in [0.2, 0.25) is 11.8 Å². The van der Waals surface area contributed by atoms with E-state index in [0.29, 0.717) is 0 Å². The molecule has 2 aliphatic rings. The SMILES string of the molecule is CC1CCN(c2ccc(NC(=O)CN3CCC[C@@H]3C(=O)N(C)C)cc2)CC1. The summed E-state index contributed by atoms with van der Waals surface area (Å²) < 4.78 is 0. The van der Waals surface area contributed by atoms with Gasteiger partial charge in [-0.3, -0.25) is 14.5 Å².